The topological polar surface area (TPSA) is 108 Å². The van der Waals surface area contributed by atoms with E-state index < -0.39 is 11.9 Å². The van der Waals surface area contributed by atoms with Gasteiger partial charge in [0.2, 0.25) is 0 Å². The van der Waals surface area contributed by atoms with Crippen molar-refractivity contribution < 1.29 is 9.59 Å². The summed E-state index contributed by atoms with van der Waals surface area (Å²) >= 11 is 0. The maximum atomic E-state index is 12.7. The Kier molecular flexibility index (Phi) is 6.14. The van der Waals surface area contributed by atoms with E-state index in [1.54, 1.807) is 18.2 Å². The Morgan fingerprint density at radius 2 is 1.50 bits per heavy atom. The number of carbonyl (C=O) groups is 2. The van der Waals surface area contributed by atoms with E-state index in [0.29, 0.717) is 17.9 Å². The van der Waals surface area contributed by atoms with Crippen LogP contribution in [0.3, 0.4) is 0 Å². The number of amides is 3. The number of nitrogens with one attached hydrogen (secondary N) is 4. The maximum absolute atomic E-state index is 12.7. The third-order valence-corrected chi connectivity index (χ3v) is 3.67. The van der Waals surface area contributed by atoms with E-state index in [4.69, 9.17) is 0 Å². The van der Waals surface area contributed by atoms with Gasteiger partial charge in [-0.2, -0.15) is 0 Å². The van der Waals surface area contributed by atoms with E-state index in [0.717, 1.165) is 5.69 Å². The van der Waals surface area contributed by atoms with Crippen LogP contribution in [0.5, 0.6) is 0 Å². The molecule has 3 amide bonds. The second-order valence-electron chi connectivity index (χ2n) is 5.79. The Morgan fingerprint density at radius 1 is 0.857 bits per heavy atom. The summed E-state index contributed by atoms with van der Waals surface area (Å²) in [6, 6.07) is 19.6. The van der Waals surface area contributed by atoms with E-state index in [2.05, 4.69) is 31.5 Å². The molecule has 0 saturated heterocycles. The zero-order chi connectivity index (χ0) is 19.8. The van der Waals surface area contributed by atoms with Crippen molar-refractivity contribution in [2.75, 3.05) is 22.5 Å². The number of para-hydroxylation sites is 2. The van der Waals surface area contributed by atoms with E-state index in [-0.39, 0.29) is 11.5 Å². The average molecular weight is 376 g/mol. The van der Waals surface area contributed by atoms with Crippen molar-refractivity contribution in [1.29, 1.82) is 0 Å². The molecule has 0 radical (unpaired) electrons. The molecular weight excluding hydrogens is 356 g/mol. The van der Waals surface area contributed by atoms with Crippen LogP contribution in [-0.4, -0.2) is 28.7 Å². The Bertz CT molecular complexity index is 947. The molecule has 0 aliphatic heterocycles. The minimum atomic E-state index is -0.415. The second-order valence-corrected chi connectivity index (χ2v) is 5.79. The van der Waals surface area contributed by atoms with E-state index >= 15 is 0 Å². The molecule has 8 heteroatoms. The van der Waals surface area contributed by atoms with Crippen LogP contribution in [0.2, 0.25) is 0 Å². The first kappa shape index (κ1) is 18.8. The van der Waals surface area contributed by atoms with Crippen LogP contribution in [0.4, 0.5) is 27.7 Å². The summed E-state index contributed by atoms with van der Waals surface area (Å²) in [7, 11) is 0. The van der Waals surface area contributed by atoms with Gasteiger partial charge < -0.3 is 16.0 Å². The molecule has 0 unspecified atom stereocenters. The average Bonchev–Trinajstić information content (AvgIpc) is 2.70. The van der Waals surface area contributed by atoms with Gasteiger partial charge in [0, 0.05) is 24.0 Å². The quantitative estimate of drug-likeness (QED) is 0.526. The summed E-state index contributed by atoms with van der Waals surface area (Å²) < 4.78 is 0. The van der Waals surface area contributed by atoms with E-state index in [1.165, 1.54) is 0 Å². The number of urea groups is 1. The summed E-state index contributed by atoms with van der Waals surface area (Å²) in [5, 5.41) is 19.1. The highest BCUT2D eigenvalue weighted by Crippen LogP contribution is 2.22. The molecule has 0 saturated carbocycles. The van der Waals surface area contributed by atoms with Crippen LogP contribution in [0.25, 0.3) is 0 Å². The van der Waals surface area contributed by atoms with Crippen LogP contribution in [0.1, 0.15) is 17.4 Å². The molecule has 0 atom stereocenters. The van der Waals surface area contributed by atoms with Crippen molar-refractivity contribution in [3.8, 4) is 0 Å². The zero-order valence-electron chi connectivity index (χ0n) is 15.3. The summed E-state index contributed by atoms with van der Waals surface area (Å²) in [6.07, 6.45) is 0. The molecule has 142 valence electrons. The molecule has 0 spiro atoms. The first-order chi connectivity index (χ1) is 13.7. The molecule has 2 aromatic carbocycles. The van der Waals surface area contributed by atoms with Crippen molar-refractivity contribution in [2.45, 2.75) is 6.92 Å². The number of anilines is 4. The molecule has 8 nitrogen and oxygen atoms in total. The predicted molar refractivity (Wildman–Crippen MR) is 109 cm³/mol. The van der Waals surface area contributed by atoms with Gasteiger partial charge in [0.15, 0.2) is 11.5 Å². The van der Waals surface area contributed by atoms with Crippen LogP contribution in [0, 0.1) is 0 Å². The molecular formula is C20H20N6O2. The van der Waals surface area contributed by atoms with Crippen molar-refractivity contribution in [2.24, 2.45) is 0 Å². The van der Waals surface area contributed by atoms with Gasteiger partial charge in [-0.05, 0) is 31.2 Å². The summed E-state index contributed by atoms with van der Waals surface area (Å²) in [4.78, 5) is 24.5. The van der Waals surface area contributed by atoms with Gasteiger partial charge in [0.25, 0.3) is 5.91 Å². The normalized spacial score (nSPS) is 10.0. The molecule has 3 aromatic rings. The number of nitrogens with zero attached hydrogens (tertiary/aromatic N) is 2. The largest absolute Gasteiger partial charge is 0.353 e. The molecule has 0 fully saturated rings. The summed E-state index contributed by atoms with van der Waals surface area (Å²) in [5.41, 5.74) is 1.94. The van der Waals surface area contributed by atoms with Gasteiger partial charge in [-0.25, -0.2) is 4.79 Å². The highest BCUT2D eigenvalue weighted by Gasteiger charge is 2.17. The number of hydrogen-bond acceptors (Lipinski definition) is 5. The Labute approximate surface area is 162 Å². The van der Waals surface area contributed by atoms with Crippen LogP contribution >= 0.6 is 0 Å². The van der Waals surface area contributed by atoms with Crippen LogP contribution in [0.15, 0.2) is 66.7 Å². The number of rotatable bonds is 6. The lowest BCUT2D eigenvalue weighted by Crippen LogP contribution is -2.29. The lowest BCUT2D eigenvalue weighted by atomic mass is 10.2. The Hall–Kier alpha value is -3.94. The van der Waals surface area contributed by atoms with E-state index in [9.17, 15) is 9.59 Å². The van der Waals surface area contributed by atoms with Gasteiger partial charge in [-0.3, -0.25) is 10.1 Å². The molecule has 28 heavy (non-hydrogen) atoms. The fourth-order valence-corrected chi connectivity index (χ4v) is 2.43. The minimum Gasteiger partial charge on any atom is -0.353 e. The van der Waals surface area contributed by atoms with Gasteiger partial charge >= 0.3 is 6.03 Å². The summed E-state index contributed by atoms with van der Waals surface area (Å²) in [5.74, 6) is -0.192. The van der Waals surface area contributed by atoms with Crippen molar-refractivity contribution in [3.05, 3.63) is 72.4 Å². The molecule has 0 aliphatic rings. The Morgan fingerprint density at radius 3 is 2.14 bits per heavy atom. The molecule has 0 bridgehead atoms. The zero-order valence-corrected chi connectivity index (χ0v) is 15.3. The second kappa shape index (κ2) is 9.13. The highest BCUT2D eigenvalue weighted by molar-refractivity contribution is 6.07. The number of aromatic nitrogens is 2. The Balaban J connectivity index is 1.88. The van der Waals surface area contributed by atoms with Crippen LogP contribution in [-0.2, 0) is 0 Å². The van der Waals surface area contributed by atoms with Crippen molar-refractivity contribution in [3.63, 3.8) is 0 Å². The van der Waals surface area contributed by atoms with Gasteiger partial charge in [-0.15, -0.1) is 10.2 Å². The van der Waals surface area contributed by atoms with Gasteiger partial charge in [-0.1, -0.05) is 36.4 Å². The maximum Gasteiger partial charge on any atom is 0.320 e. The van der Waals surface area contributed by atoms with Crippen molar-refractivity contribution in [1.82, 2.24) is 15.5 Å². The standard InChI is InChI=1S/C20H20N6O2/c1-2-21-20(28)24-17-13-16(22-14-9-5-3-6-10-14)18(26-25-17)19(27)23-15-11-7-4-8-12-15/h3-13H,2H2,1H3,(H,23,27)(H3,21,22,24,25,28). The first-order valence-electron chi connectivity index (χ1n) is 8.76. The first-order valence-corrected chi connectivity index (χ1v) is 8.76. The lowest BCUT2D eigenvalue weighted by Gasteiger charge is -2.13. The van der Waals surface area contributed by atoms with E-state index in [1.807, 2.05) is 55.5 Å². The number of hydrogen-bond donors (Lipinski definition) is 4. The fraction of sp³-hybridized carbons (Fsp3) is 0.100. The van der Waals surface area contributed by atoms with Gasteiger partial charge in [0.1, 0.15) is 0 Å². The smallest absolute Gasteiger partial charge is 0.320 e. The molecule has 0 aliphatic carbocycles. The molecule has 3 rings (SSSR count). The lowest BCUT2D eigenvalue weighted by molar-refractivity contribution is 0.102. The molecule has 1 aromatic heterocycles. The third-order valence-electron chi connectivity index (χ3n) is 3.67. The monoisotopic (exact) mass is 376 g/mol. The van der Waals surface area contributed by atoms with Gasteiger partial charge in [0.05, 0.1) is 5.69 Å². The highest BCUT2D eigenvalue weighted by atomic mass is 16.2. The minimum absolute atomic E-state index is 0.106. The SMILES string of the molecule is CCNC(=O)Nc1cc(Nc2ccccc2)c(C(=O)Nc2ccccc2)nn1. The number of carbonyl (C=O) groups excluding carboxylic acids is 2. The van der Waals surface area contributed by atoms with Crippen molar-refractivity contribution >= 4 is 34.8 Å². The molecule has 4 N–H and O–H groups in total. The number of benzene rings is 2. The molecule has 1 heterocycles. The predicted octanol–water partition coefficient (Wildman–Crippen LogP) is 3.61. The summed E-state index contributed by atoms with van der Waals surface area (Å²) in [6.45, 7) is 2.29. The fourth-order valence-electron chi connectivity index (χ4n) is 2.43. The third kappa shape index (κ3) is 5.04. The van der Waals surface area contributed by atoms with Crippen LogP contribution < -0.4 is 21.3 Å².